The summed E-state index contributed by atoms with van der Waals surface area (Å²) < 4.78 is 0. The summed E-state index contributed by atoms with van der Waals surface area (Å²) in [5.74, 6) is 0.694. The first-order valence-electron chi connectivity index (χ1n) is 11.7. The van der Waals surface area contributed by atoms with Gasteiger partial charge >= 0.3 is 0 Å². The number of hydrogen-bond donors (Lipinski definition) is 2. The highest BCUT2D eigenvalue weighted by Gasteiger charge is 2.58. The Bertz CT molecular complexity index is 1260. The Labute approximate surface area is 192 Å². The molecule has 168 valence electrons. The summed E-state index contributed by atoms with van der Waals surface area (Å²) in [6.45, 7) is 1.89. The van der Waals surface area contributed by atoms with Gasteiger partial charge in [0.2, 0.25) is 0 Å². The number of nitrogens with zero attached hydrogens (tertiary/aromatic N) is 3. The van der Waals surface area contributed by atoms with Crippen LogP contribution in [0.2, 0.25) is 0 Å². The van der Waals surface area contributed by atoms with Gasteiger partial charge in [0.15, 0.2) is 0 Å². The highest BCUT2D eigenvalue weighted by atomic mass is 16.2. The molecule has 3 aromatic rings. The molecule has 7 heteroatoms. The van der Waals surface area contributed by atoms with E-state index < -0.39 is 0 Å². The average Bonchev–Trinajstić information content (AvgIpc) is 2.77. The minimum absolute atomic E-state index is 0.123. The van der Waals surface area contributed by atoms with E-state index in [-0.39, 0.29) is 22.9 Å². The van der Waals surface area contributed by atoms with Gasteiger partial charge in [0.05, 0.1) is 17.2 Å². The average molecular weight is 442 g/mol. The van der Waals surface area contributed by atoms with Crippen molar-refractivity contribution in [2.45, 2.75) is 56.5 Å². The van der Waals surface area contributed by atoms with E-state index in [1.54, 1.807) is 12.3 Å². The molecule has 33 heavy (non-hydrogen) atoms. The lowest BCUT2D eigenvalue weighted by molar-refractivity contribution is -0.0449. The first kappa shape index (κ1) is 20.3. The van der Waals surface area contributed by atoms with Crippen LogP contribution in [0.3, 0.4) is 0 Å². The van der Waals surface area contributed by atoms with E-state index in [4.69, 9.17) is 0 Å². The standard InChI is InChI=1S/C26H27N5O2/c1-16-5-4-8-21(28-16)23(32)30-25-10-17-9-18(11-25)13-26(12-17,15-25)31-24(33)22-14-27-19-6-2-3-7-20(19)29-22/h2-8,14,17-18H,9-13,15H2,1H3,(H,30,32)(H,31,33). The third-order valence-corrected chi connectivity index (χ3v) is 7.62. The molecule has 0 saturated heterocycles. The van der Waals surface area contributed by atoms with Gasteiger partial charge in [-0.3, -0.25) is 14.6 Å². The number of amides is 2. The van der Waals surface area contributed by atoms with Crippen LogP contribution in [0, 0.1) is 18.8 Å². The van der Waals surface area contributed by atoms with Gasteiger partial charge in [-0.2, -0.15) is 0 Å². The Morgan fingerprint density at radius 1 is 0.818 bits per heavy atom. The maximum Gasteiger partial charge on any atom is 0.271 e. The lowest BCUT2D eigenvalue weighted by Gasteiger charge is -2.62. The summed E-state index contributed by atoms with van der Waals surface area (Å²) in [6.07, 6.45) is 7.32. The van der Waals surface area contributed by atoms with Crippen molar-refractivity contribution >= 4 is 22.8 Å². The number of para-hydroxylation sites is 2. The fraction of sp³-hybridized carbons (Fsp3) is 0.423. The molecule has 2 atom stereocenters. The van der Waals surface area contributed by atoms with Crippen LogP contribution in [-0.2, 0) is 0 Å². The predicted molar refractivity (Wildman–Crippen MR) is 124 cm³/mol. The summed E-state index contributed by atoms with van der Waals surface area (Å²) in [4.78, 5) is 39.7. The van der Waals surface area contributed by atoms with Gasteiger partial charge in [0.1, 0.15) is 11.4 Å². The largest absolute Gasteiger partial charge is 0.345 e. The van der Waals surface area contributed by atoms with E-state index in [1.165, 1.54) is 6.42 Å². The van der Waals surface area contributed by atoms with Crippen molar-refractivity contribution in [3.05, 3.63) is 65.7 Å². The zero-order chi connectivity index (χ0) is 22.6. The fourth-order valence-electron chi connectivity index (χ4n) is 6.90. The van der Waals surface area contributed by atoms with E-state index in [2.05, 4.69) is 25.6 Å². The molecule has 4 bridgehead atoms. The Morgan fingerprint density at radius 3 is 2.12 bits per heavy atom. The number of pyridine rings is 1. The zero-order valence-corrected chi connectivity index (χ0v) is 18.7. The van der Waals surface area contributed by atoms with Crippen molar-refractivity contribution in [3.63, 3.8) is 0 Å². The third-order valence-electron chi connectivity index (χ3n) is 7.62. The molecule has 4 saturated carbocycles. The van der Waals surface area contributed by atoms with E-state index in [9.17, 15) is 9.59 Å². The fourth-order valence-corrected chi connectivity index (χ4v) is 6.90. The SMILES string of the molecule is Cc1cccc(C(=O)NC23CC4CC(C2)CC(NC(=O)c2cnc5ccccc5n2)(C4)C3)n1. The monoisotopic (exact) mass is 441 g/mol. The van der Waals surface area contributed by atoms with Crippen molar-refractivity contribution in [1.82, 2.24) is 25.6 Å². The minimum atomic E-state index is -0.318. The minimum Gasteiger partial charge on any atom is -0.345 e. The van der Waals surface area contributed by atoms with Crippen LogP contribution in [0.1, 0.15) is 65.2 Å². The smallest absolute Gasteiger partial charge is 0.271 e. The van der Waals surface area contributed by atoms with Crippen molar-refractivity contribution in [3.8, 4) is 0 Å². The van der Waals surface area contributed by atoms with Crippen LogP contribution in [0.25, 0.3) is 11.0 Å². The molecular formula is C26H27N5O2. The quantitative estimate of drug-likeness (QED) is 0.645. The van der Waals surface area contributed by atoms with Crippen molar-refractivity contribution < 1.29 is 9.59 Å². The van der Waals surface area contributed by atoms with Crippen LogP contribution >= 0.6 is 0 Å². The number of rotatable bonds is 4. The number of carbonyl (C=O) groups excluding carboxylic acids is 2. The van der Waals surface area contributed by atoms with E-state index in [0.29, 0.717) is 28.7 Å². The van der Waals surface area contributed by atoms with Crippen LogP contribution < -0.4 is 10.6 Å². The van der Waals surface area contributed by atoms with Gasteiger partial charge in [-0.05, 0) is 81.5 Å². The molecule has 4 fully saturated rings. The Hall–Kier alpha value is -3.35. The van der Waals surface area contributed by atoms with Gasteiger partial charge in [-0.15, -0.1) is 0 Å². The molecule has 2 heterocycles. The van der Waals surface area contributed by atoms with Crippen LogP contribution in [-0.4, -0.2) is 37.8 Å². The molecule has 0 radical (unpaired) electrons. The van der Waals surface area contributed by atoms with Crippen molar-refractivity contribution in [2.24, 2.45) is 11.8 Å². The molecular weight excluding hydrogens is 414 g/mol. The van der Waals surface area contributed by atoms with Crippen molar-refractivity contribution in [1.29, 1.82) is 0 Å². The first-order chi connectivity index (χ1) is 15.9. The molecule has 0 spiro atoms. The number of benzene rings is 1. The Balaban J connectivity index is 1.25. The lowest BCUT2D eigenvalue weighted by atomic mass is 9.49. The molecule has 2 aromatic heterocycles. The maximum atomic E-state index is 13.2. The van der Waals surface area contributed by atoms with E-state index in [0.717, 1.165) is 43.3 Å². The van der Waals surface area contributed by atoms with E-state index >= 15 is 0 Å². The Morgan fingerprint density at radius 2 is 1.45 bits per heavy atom. The molecule has 2 N–H and O–H groups in total. The normalized spacial score (nSPS) is 29.7. The Kier molecular flexibility index (Phi) is 4.50. The number of aromatic nitrogens is 3. The highest BCUT2D eigenvalue weighted by Crippen LogP contribution is 2.57. The van der Waals surface area contributed by atoms with Gasteiger partial charge in [0.25, 0.3) is 11.8 Å². The molecule has 2 amide bonds. The summed E-state index contributed by atoms with van der Waals surface area (Å²) in [7, 11) is 0. The number of nitrogens with one attached hydrogen (secondary N) is 2. The third kappa shape index (κ3) is 3.65. The summed E-state index contributed by atoms with van der Waals surface area (Å²) in [6, 6.07) is 13.1. The topological polar surface area (TPSA) is 96.9 Å². The molecule has 4 aliphatic carbocycles. The van der Waals surface area contributed by atoms with Crippen LogP contribution in [0.15, 0.2) is 48.7 Å². The molecule has 7 rings (SSSR count). The summed E-state index contributed by atoms with van der Waals surface area (Å²) in [5.41, 5.74) is 2.49. The van der Waals surface area contributed by atoms with Gasteiger partial charge in [-0.25, -0.2) is 9.97 Å². The first-order valence-corrected chi connectivity index (χ1v) is 11.7. The maximum absolute atomic E-state index is 13.2. The highest BCUT2D eigenvalue weighted by molar-refractivity contribution is 5.94. The number of hydrogen-bond acceptors (Lipinski definition) is 5. The molecule has 7 nitrogen and oxygen atoms in total. The molecule has 4 aliphatic rings. The zero-order valence-electron chi connectivity index (χ0n) is 18.7. The van der Waals surface area contributed by atoms with Gasteiger partial charge in [-0.1, -0.05) is 18.2 Å². The van der Waals surface area contributed by atoms with Gasteiger partial charge < -0.3 is 10.6 Å². The number of carbonyl (C=O) groups is 2. The number of fused-ring (bicyclic) bond motifs is 1. The van der Waals surface area contributed by atoms with Gasteiger partial charge in [0, 0.05) is 16.8 Å². The molecule has 1 aromatic carbocycles. The summed E-state index contributed by atoms with van der Waals surface area (Å²) >= 11 is 0. The number of aryl methyl sites for hydroxylation is 1. The summed E-state index contributed by atoms with van der Waals surface area (Å²) in [5, 5.41) is 6.69. The second-order valence-corrected chi connectivity index (χ2v) is 10.3. The second-order valence-electron chi connectivity index (χ2n) is 10.3. The van der Waals surface area contributed by atoms with Crippen LogP contribution in [0.4, 0.5) is 0 Å². The van der Waals surface area contributed by atoms with E-state index in [1.807, 2.05) is 43.3 Å². The molecule has 0 aliphatic heterocycles. The lowest BCUT2D eigenvalue weighted by Crippen LogP contribution is -2.70. The second kappa shape index (κ2) is 7.33. The van der Waals surface area contributed by atoms with Crippen LogP contribution in [0.5, 0.6) is 0 Å². The molecule has 2 unspecified atom stereocenters. The predicted octanol–water partition coefficient (Wildman–Crippen LogP) is 3.58. The van der Waals surface area contributed by atoms with Crippen molar-refractivity contribution in [2.75, 3.05) is 0 Å².